The molecule has 3 heteroatoms. The number of nitrogens with zero attached hydrogens (tertiary/aromatic N) is 1. The summed E-state index contributed by atoms with van der Waals surface area (Å²) in [6, 6.07) is 7.81. The fraction of sp³-hybridized carbons (Fsp3) is 0.154. The van der Waals surface area contributed by atoms with Crippen molar-refractivity contribution in [3.05, 3.63) is 41.6 Å². The smallest absolute Gasteiger partial charge is 0.0991 e. The van der Waals surface area contributed by atoms with Gasteiger partial charge >= 0.3 is 0 Å². The van der Waals surface area contributed by atoms with Crippen LogP contribution in [0.5, 0.6) is 0 Å². The highest BCUT2D eigenvalue weighted by molar-refractivity contribution is 5.89. The van der Waals surface area contributed by atoms with E-state index in [4.69, 9.17) is 5.26 Å². The van der Waals surface area contributed by atoms with Crippen LogP contribution < -0.4 is 5.32 Å². The van der Waals surface area contributed by atoms with E-state index in [0.717, 1.165) is 23.0 Å². The maximum absolute atomic E-state index is 8.85. The zero-order valence-electron chi connectivity index (χ0n) is 9.12. The Hall–Kier alpha value is -2.05. The van der Waals surface area contributed by atoms with Gasteiger partial charge in [-0.05, 0) is 30.8 Å². The Labute approximate surface area is 94.4 Å². The van der Waals surface area contributed by atoms with Crippen LogP contribution >= 0.6 is 0 Å². The molecule has 2 N–H and O–H groups in total. The summed E-state index contributed by atoms with van der Waals surface area (Å²) in [7, 11) is 1.91. The molecule has 1 aromatic heterocycles. The van der Waals surface area contributed by atoms with Crippen LogP contribution in [0.1, 0.15) is 11.1 Å². The first-order valence-corrected chi connectivity index (χ1v) is 5.17. The topological polar surface area (TPSA) is 51.6 Å². The molecular weight excluding hydrogens is 198 g/mol. The van der Waals surface area contributed by atoms with Crippen molar-refractivity contribution in [1.29, 1.82) is 5.26 Å². The van der Waals surface area contributed by atoms with E-state index in [-0.39, 0.29) is 0 Å². The van der Waals surface area contributed by atoms with Crippen LogP contribution in [-0.4, -0.2) is 18.6 Å². The molecule has 0 saturated carbocycles. The average Bonchev–Trinajstić information content (AvgIpc) is 2.72. The lowest BCUT2D eigenvalue weighted by molar-refractivity contribution is 0.922. The van der Waals surface area contributed by atoms with E-state index in [2.05, 4.69) is 28.5 Å². The summed E-state index contributed by atoms with van der Waals surface area (Å²) >= 11 is 0. The predicted octanol–water partition coefficient (Wildman–Crippen LogP) is 2.27. The molecule has 0 aliphatic heterocycles. The van der Waals surface area contributed by atoms with E-state index in [9.17, 15) is 0 Å². The number of fused-ring (bicyclic) bond motifs is 1. The number of aromatic amines is 1. The fourth-order valence-electron chi connectivity index (χ4n) is 1.65. The number of H-pyrrole nitrogens is 1. The van der Waals surface area contributed by atoms with E-state index in [1.165, 1.54) is 0 Å². The second-order valence-corrected chi connectivity index (χ2v) is 3.58. The van der Waals surface area contributed by atoms with E-state index in [1.807, 2.05) is 31.4 Å². The van der Waals surface area contributed by atoms with Crippen LogP contribution in [0.2, 0.25) is 0 Å². The number of benzene rings is 1. The third-order valence-electron chi connectivity index (χ3n) is 2.46. The van der Waals surface area contributed by atoms with Gasteiger partial charge in [-0.25, -0.2) is 0 Å². The molecule has 2 rings (SSSR count). The Morgan fingerprint density at radius 3 is 3.12 bits per heavy atom. The number of aromatic nitrogens is 1. The molecular formula is C13H13N3. The van der Waals surface area contributed by atoms with E-state index < -0.39 is 0 Å². The van der Waals surface area contributed by atoms with Crippen LogP contribution in [0.4, 0.5) is 0 Å². The fourth-order valence-corrected chi connectivity index (χ4v) is 1.65. The Kier molecular flexibility index (Phi) is 3.04. The molecule has 0 radical (unpaired) electrons. The summed E-state index contributed by atoms with van der Waals surface area (Å²) in [4.78, 5) is 3.19. The summed E-state index contributed by atoms with van der Waals surface area (Å²) in [6.45, 7) is 0.838. The molecule has 0 spiro atoms. The van der Waals surface area contributed by atoms with Gasteiger partial charge in [0.15, 0.2) is 0 Å². The Morgan fingerprint density at radius 2 is 2.38 bits per heavy atom. The maximum atomic E-state index is 8.85. The van der Waals surface area contributed by atoms with Crippen LogP contribution in [0.25, 0.3) is 17.0 Å². The number of hydrogen-bond acceptors (Lipinski definition) is 2. The standard InChI is InChI=1S/C13H13N3/c1-15-6-2-3-11-9-16-13-5-4-10(8-14)7-12(11)13/h2-5,7,9,15-16H,6H2,1H3. The van der Waals surface area contributed by atoms with Gasteiger partial charge in [-0.2, -0.15) is 5.26 Å². The van der Waals surface area contributed by atoms with Gasteiger partial charge in [0.25, 0.3) is 0 Å². The molecule has 0 aliphatic carbocycles. The first-order valence-electron chi connectivity index (χ1n) is 5.17. The zero-order valence-corrected chi connectivity index (χ0v) is 9.12. The van der Waals surface area contributed by atoms with Crippen molar-refractivity contribution in [3.63, 3.8) is 0 Å². The van der Waals surface area contributed by atoms with Crippen molar-refractivity contribution >= 4 is 17.0 Å². The highest BCUT2D eigenvalue weighted by Gasteiger charge is 2.01. The van der Waals surface area contributed by atoms with Crippen LogP contribution in [0, 0.1) is 11.3 Å². The second kappa shape index (κ2) is 4.65. The first-order chi connectivity index (χ1) is 7.85. The minimum atomic E-state index is 0.690. The van der Waals surface area contributed by atoms with Crippen molar-refractivity contribution in [2.24, 2.45) is 0 Å². The molecule has 0 bridgehead atoms. The minimum absolute atomic E-state index is 0.690. The normalized spacial score (nSPS) is 11.0. The predicted molar refractivity (Wildman–Crippen MR) is 66.0 cm³/mol. The molecule has 1 aromatic carbocycles. The lowest BCUT2D eigenvalue weighted by Crippen LogP contribution is -2.03. The number of likely N-dealkylation sites (N-methyl/N-ethyl adjacent to an activating group) is 1. The summed E-state index contributed by atoms with van der Waals surface area (Å²) in [5.74, 6) is 0. The van der Waals surface area contributed by atoms with Gasteiger partial charge in [-0.3, -0.25) is 0 Å². The molecule has 0 aliphatic rings. The minimum Gasteiger partial charge on any atom is -0.361 e. The van der Waals surface area contributed by atoms with Gasteiger partial charge in [0, 0.05) is 23.6 Å². The number of hydrogen-bond donors (Lipinski definition) is 2. The molecule has 0 atom stereocenters. The molecule has 16 heavy (non-hydrogen) atoms. The lowest BCUT2D eigenvalue weighted by atomic mass is 10.1. The van der Waals surface area contributed by atoms with Crippen molar-refractivity contribution in [1.82, 2.24) is 10.3 Å². The number of nitrogens with one attached hydrogen (secondary N) is 2. The molecule has 80 valence electrons. The third kappa shape index (κ3) is 1.97. The van der Waals surface area contributed by atoms with Gasteiger partial charge in [0.2, 0.25) is 0 Å². The van der Waals surface area contributed by atoms with Gasteiger partial charge in [-0.1, -0.05) is 12.2 Å². The average molecular weight is 211 g/mol. The molecule has 1 heterocycles. The highest BCUT2D eigenvalue weighted by Crippen LogP contribution is 2.20. The summed E-state index contributed by atoms with van der Waals surface area (Å²) in [5.41, 5.74) is 2.86. The van der Waals surface area contributed by atoms with Gasteiger partial charge in [0.1, 0.15) is 0 Å². The van der Waals surface area contributed by atoms with Crippen molar-refractivity contribution in [3.8, 4) is 6.07 Å². The monoisotopic (exact) mass is 211 g/mol. The van der Waals surface area contributed by atoms with Crippen LogP contribution in [0.3, 0.4) is 0 Å². The van der Waals surface area contributed by atoms with E-state index >= 15 is 0 Å². The number of rotatable bonds is 3. The lowest BCUT2D eigenvalue weighted by Gasteiger charge is -1.93. The van der Waals surface area contributed by atoms with Gasteiger partial charge < -0.3 is 10.3 Å². The zero-order chi connectivity index (χ0) is 11.4. The first kappa shape index (κ1) is 10.5. The van der Waals surface area contributed by atoms with Crippen LogP contribution in [0.15, 0.2) is 30.5 Å². The second-order valence-electron chi connectivity index (χ2n) is 3.58. The molecule has 0 amide bonds. The summed E-state index contributed by atoms with van der Waals surface area (Å²) in [5, 5.41) is 13.0. The molecule has 0 unspecified atom stereocenters. The van der Waals surface area contributed by atoms with E-state index in [1.54, 1.807) is 0 Å². The number of nitriles is 1. The SMILES string of the molecule is CNCC=Cc1c[nH]c2ccc(C#N)cc12. The van der Waals surface area contributed by atoms with Crippen LogP contribution in [-0.2, 0) is 0 Å². The molecule has 2 aromatic rings. The van der Waals surface area contributed by atoms with Gasteiger partial charge in [0.05, 0.1) is 11.6 Å². The quantitative estimate of drug-likeness (QED) is 0.818. The maximum Gasteiger partial charge on any atom is 0.0991 e. The van der Waals surface area contributed by atoms with Crippen molar-refractivity contribution < 1.29 is 0 Å². The third-order valence-corrected chi connectivity index (χ3v) is 2.46. The molecule has 0 fully saturated rings. The molecule has 0 saturated heterocycles. The largest absolute Gasteiger partial charge is 0.361 e. The molecule has 3 nitrogen and oxygen atoms in total. The van der Waals surface area contributed by atoms with Crippen molar-refractivity contribution in [2.75, 3.05) is 13.6 Å². The summed E-state index contributed by atoms with van der Waals surface area (Å²) < 4.78 is 0. The van der Waals surface area contributed by atoms with Crippen molar-refractivity contribution in [2.45, 2.75) is 0 Å². The summed E-state index contributed by atoms with van der Waals surface area (Å²) in [6.07, 6.45) is 6.07. The Balaban J connectivity index is 2.43. The van der Waals surface area contributed by atoms with E-state index in [0.29, 0.717) is 5.56 Å². The highest BCUT2D eigenvalue weighted by atomic mass is 14.8. The van der Waals surface area contributed by atoms with Gasteiger partial charge in [-0.15, -0.1) is 0 Å². The Bertz CT molecular complexity index is 558. The Morgan fingerprint density at radius 1 is 1.50 bits per heavy atom.